The lowest BCUT2D eigenvalue weighted by Crippen LogP contribution is -2.27. The van der Waals surface area contributed by atoms with Crippen LogP contribution in [0.4, 0.5) is 10.1 Å². The molecule has 12 heteroatoms. The van der Waals surface area contributed by atoms with Gasteiger partial charge in [0.05, 0.1) is 37.1 Å². The Morgan fingerprint density at radius 1 is 1.00 bits per heavy atom. The van der Waals surface area contributed by atoms with Crippen molar-refractivity contribution >= 4 is 28.5 Å². The van der Waals surface area contributed by atoms with E-state index in [1.54, 1.807) is 86.6 Å². The van der Waals surface area contributed by atoms with Crippen LogP contribution in [0.15, 0.2) is 83.8 Å². The first-order chi connectivity index (χ1) is 21.3. The van der Waals surface area contributed by atoms with Crippen LogP contribution in [0.3, 0.4) is 0 Å². The molecule has 0 spiro atoms. The maximum atomic E-state index is 15.2. The molecular formula is C32H30FN5O6. The van der Waals surface area contributed by atoms with E-state index in [1.807, 2.05) is 0 Å². The van der Waals surface area contributed by atoms with Crippen LogP contribution >= 0.6 is 0 Å². The van der Waals surface area contributed by atoms with E-state index in [2.05, 4.69) is 15.6 Å². The predicted molar refractivity (Wildman–Crippen MR) is 162 cm³/mol. The quantitative estimate of drug-likeness (QED) is 0.213. The maximum Gasteiger partial charge on any atom is 0.319 e. The minimum absolute atomic E-state index is 0.0175. The van der Waals surface area contributed by atoms with Crippen LogP contribution < -0.4 is 25.7 Å². The summed E-state index contributed by atoms with van der Waals surface area (Å²) in [6, 6.07) is 19.7. The molecule has 0 aliphatic heterocycles. The molecule has 2 aromatic heterocycles. The molecular weight excluding hydrogens is 569 g/mol. The van der Waals surface area contributed by atoms with Crippen LogP contribution in [0.5, 0.6) is 17.2 Å². The highest BCUT2D eigenvalue weighted by Crippen LogP contribution is 2.33. The van der Waals surface area contributed by atoms with E-state index in [0.29, 0.717) is 33.8 Å². The number of pyridine rings is 1. The van der Waals surface area contributed by atoms with Crippen LogP contribution in [-0.4, -0.2) is 53.5 Å². The third-order valence-electron chi connectivity index (χ3n) is 6.83. The first-order valence-corrected chi connectivity index (χ1v) is 13.7. The molecule has 1 amide bonds. The van der Waals surface area contributed by atoms with E-state index in [1.165, 1.54) is 16.8 Å². The van der Waals surface area contributed by atoms with Crippen molar-refractivity contribution in [1.82, 2.24) is 19.7 Å². The standard InChI is InChI=1S/C32H30FN5O6/c1-20-30(32(41)38(22-7-5-4-6-8-22)37(20)15-16-43-29(39)19-34-2)31(40)36-21-9-12-28(25(33)17-21)44-27-13-14-35-26-18-23(42-3)10-11-24(26)27/h4-14,17-18,34H,15-16,19H2,1-3H3,(H,36,40). The van der Waals surface area contributed by atoms with Gasteiger partial charge < -0.3 is 24.8 Å². The zero-order valence-electron chi connectivity index (χ0n) is 24.3. The number of hydrogen-bond donors (Lipinski definition) is 2. The Hall–Kier alpha value is -5.49. The largest absolute Gasteiger partial charge is 0.497 e. The van der Waals surface area contributed by atoms with Gasteiger partial charge in [-0.2, -0.15) is 0 Å². The van der Waals surface area contributed by atoms with E-state index >= 15 is 4.39 Å². The van der Waals surface area contributed by atoms with E-state index in [9.17, 15) is 14.4 Å². The fourth-order valence-electron chi connectivity index (χ4n) is 4.74. The van der Waals surface area contributed by atoms with Gasteiger partial charge in [-0.1, -0.05) is 18.2 Å². The van der Waals surface area contributed by atoms with Gasteiger partial charge in [-0.25, -0.2) is 9.07 Å². The van der Waals surface area contributed by atoms with Gasteiger partial charge in [0.15, 0.2) is 11.6 Å². The minimum Gasteiger partial charge on any atom is -0.497 e. The molecule has 0 bridgehead atoms. The average Bonchev–Trinajstić information content (AvgIpc) is 3.27. The highest BCUT2D eigenvalue weighted by Gasteiger charge is 2.24. The summed E-state index contributed by atoms with van der Waals surface area (Å²) in [6.45, 7) is 1.77. The second-order valence-corrected chi connectivity index (χ2v) is 9.68. The van der Waals surface area contributed by atoms with Crippen molar-refractivity contribution in [3.63, 3.8) is 0 Å². The normalized spacial score (nSPS) is 10.9. The molecule has 0 saturated carbocycles. The molecule has 0 aliphatic carbocycles. The number of carbonyl (C=O) groups excluding carboxylic acids is 2. The Bertz CT molecular complexity index is 1890. The summed E-state index contributed by atoms with van der Waals surface area (Å²) >= 11 is 0. The van der Waals surface area contributed by atoms with Crippen LogP contribution in [0, 0.1) is 12.7 Å². The molecule has 0 fully saturated rings. The van der Waals surface area contributed by atoms with E-state index in [4.69, 9.17) is 14.2 Å². The Balaban J connectivity index is 1.39. The van der Waals surface area contributed by atoms with Crippen LogP contribution in [0.1, 0.15) is 16.1 Å². The number of hydrogen-bond acceptors (Lipinski definition) is 8. The first-order valence-electron chi connectivity index (χ1n) is 13.7. The third kappa shape index (κ3) is 6.30. The number of likely N-dealkylation sites (N-methyl/N-ethyl adjacent to an activating group) is 1. The summed E-state index contributed by atoms with van der Waals surface area (Å²) in [4.78, 5) is 43.1. The topological polar surface area (TPSA) is 126 Å². The van der Waals surface area contributed by atoms with Gasteiger partial charge >= 0.3 is 5.97 Å². The van der Waals surface area contributed by atoms with Crippen LogP contribution in [-0.2, 0) is 16.1 Å². The molecule has 0 saturated heterocycles. The number of halogens is 1. The number of para-hydroxylation sites is 1. The van der Waals surface area contributed by atoms with Gasteiger partial charge in [-0.15, -0.1) is 0 Å². The smallest absolute Gasteiger partial charge is 0.319 e. The van der Waals surface area contributed by atoms with Crippen molar-refractivity contribution < 1.29 is 28.2 Å². The highest BCUT2D eigenvalue weighted by atomic mass is 19.1. The number of carbonyl (C=O) groups is 2. The Labute approximate surface area is 251 Å². The third-order valence-corrected chi connectivity index (χ3v) is 6.83. The summed E-state index contributed by atoms with van der Waals surface area (Å²) in [5.41, 5.74) is 0.913. The second kappa shape index (κ2) is 13.2. The molecule has 5 aromatic rings. The Morgan fingerprint density at radius 3 is 2.52 bits per heavy atom. The molecule has 5 rings (SSSR count). The van der Waals surface area contributed by atoms with Gasteiger partial charge in [0.25, 0.3) is 11.5 Å². The molecule has 44 heavy (non-hydrogen) atoms. The van der Waals surface area contributed by atoms with Crippen molar-refractivity contribution in [1.29, 1.82) is 0 Å². The summed E-state index contributed by atoms with van der Waals surface area (Å²) in [5, 5.41) is 6.00. The van der Waals surface area contributed by atoms with Gasteiger partial charge in [-0.3, -0.25) is 24.0 Å². The molecule has 0 aliphatic rings. The molecule has 0 unspecified atom stereocenters. The van der Waals surface area contributed by atoms with E-state index < -0.39 is 23.3 Å². The van der Waals surface area contributed by atoms with Crippen molar-refractivity contribution in [3.8, 4) is 22.9 Å². The van der Waals surface area contributed by atoms with Crippen LogP contribution in [0.2, 0.25) is 0 Å². The number of aromatic nitrogens is 3. The number of amides is 1. The molecule has 11 nitrogen and oxygen atoms in total. The number of nitrogens with zero attached hydrogens (tertiary/aromatic N) is 3. The monoisotopic (exact) mass is 599 g/mol. The number of rotatable bonds is 11. The van der Waals surface area contributed by atoms with E-state index in [-0.39, 0.29) is 36.7 Å². The lowest BCUT2D eigenvalue weighted by molar-refractivity contribution is -0.142. The number of ether oxygens (including phenoxy) is 3. The predicted octanol–water partition coefficient (Wildman–Crippen LogP) is 4.45. The number of esters is 1. The van der Waals surface area contributed by atoms with Crippen molar-refractivity contribution in [2.75, 3.05) is 32.6 Å². The molecule has 2 N–H and O–H groups in total. The molecule has 2 heterocycles. The lowest BCUT2D eigenvalue weighted by atomic mass is 10.2. The van der Waals surface area contributed by atoms with Gasteiger partial charge in [0.2, 0.25) is 0 Å². The fraction of sp³-hybridized carbons (Fsp3) is 0.188. The van der Waals surface area contributed by atoms with Gasteiger partial charge in [0.1, 0.15) is 23.7 Å². The van der Waals surface area contributed by atoms with Crippen molar-refractivity contribution in [2.24, 2.45) is 0 Å². The summed E-state index contributed by atoms with van der Waals surface area (Å²) in [5.74, 6) is -0.930. The number of fused-ring (bicyclic) bond motifs is 1. The summed E-state index contributed by atoms with van der Waals surface area (Å²) in [6.07, 6.45) is 1.55. The number of nitrogens with one attached hydrogen (secondary N) is 2. The summed E-state index contributed by atoms with van der Waals surface area (Å²) < 4.78 is 34.4. The Morgan fingerprint density at radius 2 is 1.80 bits per heavy atom. The Kier molecular flexibility index (Phi) is 9.01. The fourth-order valence-corrected chi connectivity index (χ4v) is 4.74. The van der Waals surface area contributed by atoms with Crippen LogP contribution in [0.25, 0.3) is 16.6 Å². The number of benzene rings is 3. The first kappa shape index (κ1) is 30.0. The zero-order valence-corrected chi connectivity index (χ0v) is 24.3. The maximum absolute atomic E-state index is 15.2. The number of anilines is 1. The van der Waals surface area contributed by atoms with Gasteiger partial charge in [0, 0.05) is 29.4 Å². The zero-order chi connectivity index (χ0) is 31.2. The SMILES string of the molecule is CNCC(=O)OCCn1c(C)c(C(=O)Nc2ccc(Oc3ccnc4cc(OC)ccc34)c(F)c2)c(=O)n1-c1ccccc1. The average molecular weight is 600 g/mol. The minimum atomic E-state index is -0.722. The van der Waals surface area contributed by atoms with Crippen molar-refractivity contribution in [3.05, 3.63) is 106 Å². The molecule has 3 aromatic carbocycles. The second-order valence-electron chi connectivity index (χ2n) is 9.68. The molecule has 226 valence electrons. The van der Waals surface area contributed by atoms with E-state index in [0.717, 1.165) is 6.07 Å². The van der Waals surface area contributed by atoms with Gasteiger partial charge in [-0.05, 0) is 56.4 Å². The van der Waals surface area contributed by atoms with Crippen molar-refractivity contribution in [2.45, 2.75) is 13.5 Å². The summed E-state index contributed by atoms with van der Waals surface area (Å²) in [7, 11) is 3.18. The highest BCUT2D eigenvalue weighted by molar-refractivity contribution is 6.05. The molecule has 0 atom stereocenters. The molecule has 0 radical (unpaired) electrons. The number of methoxy groups -OCH3 is 1. The lowest BCUT2D eigenvalue weighted by Gasteiger charge is -2.14.